The minimum absolute atomic E-state index is 0.184. The maximum atomic E-state index is 9.75. The topological polar surface area (TPSA) is 32.7 Å². The summed E-state index contributed by atoms with van der Waals surface area (Å²) in [4.78, 5) is 2.45. The Bertz CT molecular complexity index is 653. The van der Waals surface area contributed by atoms with Crippen LogP contribution in [0.25, 0.3) is 0 Å². The van der Waals surface area contributed by atoms with Crippen LogP contribution in [-0.2, 0) is 6.42 Å². The molecule has 0 aliphatic carbocycles. The lowest BCUT2D eigenvalue weighted by Crippen LogP contribution is -2.32. The summed E-state index contributed by atoms with van der Waals surface area (Å²) >= 11 is 0. The van der Waals surface area contributed by atoms with Gasteiger partial charge in [0.2, 0.25) is 0 Å². The van der Waals surface area contributed by atoms with Crippen LogP contribution >= 0.6 is 0 Å². The molecule has 0 aromatic heterocycles. The van der Waals surface area contributed by atoms with Crippen molar-refractivity contribution in [2.75, 3.05) is 12.0 Å². The zero-order chi connectivity index (χ0) is 15.0. The Kier molecular flexibility index (Phi) is 3.50. The van der Waals surface area contributed by atoms with Crippen LogP contribution in [0, 0.1) is 0 Å². The lowest BCUT2D eigenvalue weighted by Gasteiger charge is -2.32. The SMILES string of the molecule is COc1cc(C(C)N2c3ccccc3CC2C)ccc1O. The second-order valence-corrected chi connectivity index (χ2v) is 5.70. The van der Waals surface area contributed by atoms with Crippen LogP contribution in [0.1, 0.15) is 31.0 Å². The van der Waals surface area contributed by atoms with Gasteiger partial charge in [-0.3, -0.25) is 0 Å². The normalized spacial score (nSPS) is 18.4. The lowest BCUT2D eigenvalue weighted by atomic mass is 10.0. The van der Waals surface area contributed by atoms with Gasteiger partial charge < -0.3 is 14.7 Å². The summed E-state index contributed by atoms with van der Waals surface area (Å²) in [6.45, 7) is 4.46. The molecule has 0 spiro atoms. The number of fused-ring (bicyclic) bond motifs is 1. The van der Waals surface area contributed by atoms with Crippen molar-refractivity contribution >= 4 is 5.69 Å². The monoisotopic (exact) mass is 283 g/mol. The molecular weight excluding hydrogens is 262 g/mol. The molecule has 0 saturated heterocycles. The summed E-state index contributed by atoms with van der Waals surface area (Å²) in [5.74, 6) is 0.711. The Morgan fingerprint density at radius 1 is 1.24 bits per heavy atom. The van der Waals surface area contributed by atoms with E-state index in [4.69, 9.17) is 4.74 Å². The molecule has 0 amide bonds. The van der Waals surface area contributed by atoms with Gasteiger partial charge in [-0.1, -0.05) is 24.3 Å². The number of phenolic OH excluding ortho intramolecular Hbond substituents is 1. The maximum Gasteiger partial charge on any atom is 0.160 e. The molecule has 1 aliphatic rings. The first-order valence-electron chi connectivity index (χ1n) is 7.35. The molecule has 3 heteroatoms. The van der Waals surface area contributed by atoms with E-state index in [-0.39, 0.29) is 11.8 Å². The van der Waals surface area contributed by atoms with Crippen molar-refractivity contribution in [1.82, 2.24) is 0 Å². The Balaban J connectivity index is 1.97. The average molecular weight is 283 g/mol. The van der Waals surface area contributed by atoms with Crippen LogP contribution in [0.4, 0.5) is 5.69 Å². The molecule has 2 aromatic rings. The summed E-state index contributed by atoms with van der Waals surface area (Å²) in [5.41, 5.74) is 3.86. The summed E-state index contributed by atoms with van der Waals surface area (Å²) in [6, 6.07) is 14.9. The second-order valence-electron chi connectivity index (χ2n) is 5.70. The van der Waals surface area contributed by atoms with Gasteiger partial charge in [0.25, 0.3) is 0 Å². The molecule has 0 radical (unpaired) electrons. The first-order chi connectivity index (χ1) is 10.1. The standard InChI is InChI=1S/C18H21NO2/c1-12-10-15-6-4-5-7-16(15)19(12)13(2)14-8-9-17(20)18(11-14)21-3/h4-9,11-13,20H,10H2,1-3H3. The Morgan fingerprint density at radius 2 is 2.00 bits per heavy atom. The fourth-order valence-electron chi connectivity index (χ4n) is 3.29. The molecule has 1 aliphatic heterocycles. The Morgan fingerprint density at radius 3 is 2.76 bits per heavy atom. The number of para-hydroxylation sites is 1. The predicted octanol–water partition coefficient (Wildman–Crippen LogP) is 3.91. The van der Waals surface area contributed by atoms with Crippen LogP contribution in [-0.4, -0.2) is 18.3 Å². The number of hydrogen-bond donors (Lipinski definition) is 1. The Hall–Kier alpha value is -2.16. The highest BCUT2D eigenvalue weighted by Crippen LogP contribution is 2.39. The van der Waals surface area contributed by atoms with Gasteiger partial charge in [-0.15, -0.1) is 0 Å². The summed E-state index contributed by atoms with van der Waals surface area (Å²) in [5, 5.41) is 9.75. The van der Waals surface area contributed by atoms with Crippen LogP contribution in [0.15, 0.2) is 42.5 Å². The third kappa shape index (κ3) is 2.33. The quantitative estimate of drug-likeness (QED) is 0.927. The van der Waals surface area contributed by atoms with Crippen molar-refractivity contribution in [2.24, 2.45) is 0 Å². The highest BCUT2D eigenvalue weighted by molar-refractivity contribution is 5.61. The van der Waals surface area contributed by atoms with Crippen molar-refractivity contribution < 1.29 is 9.84 Å². The third-order valence-corrected chi connectivity index (χ3v) is 4.36. The number of anilines is 1. The van der Waals surface area contributed by atoms with Gasteiger partial charge in [0.1, 0.15) is 0 Å². The van der Waals surface area contributed by atoms with Crippen LogP contribution in [0.2, 0.25) is 0 Å². The molecule has 3 rings (SSSR count). The van der Waals surface area contributed by atoms with E-state index >= 15 is 0 Å². The van der Waals surface area contributed by atoms with Crippen LogP contribution in [0.3, 0.4) is 0 Å². The largest absolute Gasteiger partial charge is 0.504 e. The van der Waals surface area contributed by atoms with Gasteiger partial charge in [-0.2, -0.15) is 0 Å². The van der Waals surface area contributed by atoms with Crippen molar-refractivity contribution in [3.63, 3.8) is 0 Å². The highest BCUT2D eigenvalue weighted by Gasteiger charge is 2.30. The molecule has 1 N–H and O–H groups in total. The van der Waals surface area contributed by atoms with Gasteiger partial charge in [0, 0.05) is 11.7 Å². The second kappa shape index (κ2) is 5.32. The molecule has 0 bridgehead atoms. The molecule has 2 unspecified atom stereocenters. The first kappa shape index (κ1) is 13.8. The van der Waals surface area contributed by atoms with E-state index in [1.807, 2.05) is 12.1 Å². The summed E-state index contributed by atoms with van der Waals surface area (Å²) in [7, 11) is 1.58. The van der Waals surface area contributed by atoms with Crippen LogP contribution < -0.4 is 9.64 Å². The van der Waals surface area contributed by atoms with E-state index < -0.39 is 0 Å². The zero-order valence-electron chi connectivity index (χ0n) is 12.7. The number of nitrogens with zero attached hydrogens (tertiary/aromatic N) is 1. The number of hydrogen-bond acceptors (Lipinski definition) is 3. The zero-order valence-corrected chi connectivity index (χ0v) is 12.7. The van der Waals surface area contributed by atoms with Crippen molar-refractivity contribution in [2.45, 2.75) is 32.4 Å². The molecule has 2 aromatic carbocycles. The van der Waals surface area contributed by atoms with Crippen molar-refractivity contribution in [1.29, 1.82) is 0 Å². The van der Waals surface area contributed by atoms with E-state index in [1.165, 1.54) is 11.3 Å². The van der Waals surface area contributed by atoms with E-state index in [0.29, 0.717) is 11.8 Å². The summed E-state index contributed by atoms with van der Waals surface area (Å²) < 4.78 is 5.23. The first-order valence-corrected chi connectivity index (χ1v) is 7.35. The number of ether oxygens (including phenoxy) is 1. The third-order valence-electron chi connectivity index (χ3n) is 4.36. The molecule has 1 heterocycles. The molecule has 0 saturated carbocycles. The van der Waals surface area contributed by atoms with Crippen molar-refractivity contribution in [3.8, 4) is 11.5 Å². The fraction of sp³-hybridized carbons (Fsp3) is 0.333. The molecule has 110 valence electrons. The van der Waals surface area contributed by atoms with E-state index in [1.54, 1.807) is 13.2 Å². The number of rotatable bonds is 3. The van der Waals surface area contributed by atoms with Crippen LogP contribution in [0.5, 0.6) is 11.5 Å². The fourth-order valence-corrected chi connectivity index (χ4v) is 3.29. The highest BCUT2D eigenvalue weighted by atomic mass is 16.5. The Labute approximate surface area is 125 Å². The maximum absolute atomic E-state index is 9.75. The molecular formula is C18H21NO2. The van der Waals surface area contributed by atoms with E-state index in [2.05, 4.69) is 43.0 Å². The molecule has 21 heavy (non-hydrogen) atoms. The van der Waals surface area contributed by atoms with Gasteiger partial charge in [0.05, 0.1) is 13.2 Å². The number of methoxy groups -OCH3 is 1. The summed E-state index contributed by atoms with van der Waals surface area (Å²) in [6.07, 6.45) is 1.08. The minimum atomic E-state index is 0.184. The van der Waals surface area contributed by atoms with Gasteiger partial charge in [-0.05, 0) is 49.6 Å². The number of phenols is 1. The number of benzene rings is 2. The van der Waals surface area contributed by atoms with E-state index in [9.17, 15) is 5.11 Å². The van der Waals surface area contributed by atoms with E-state index in [0.717, 1.165) is 12.0 Å². The van der Waals surface area contributed by atoms with Gasteiger partial charge in [0.15, 0.2) is 11.5 Å². The molecule has 0 fully saturated rings. The molecule has 3 nitrogen and oxygen atoms in total. The number of aromatic hydroxyl groups is 1. The average Bonchev–Trinajstić information content (AvgIpc) is 2.82. The molecule has 2 atom stereocenters. The van der Waals surface area contributed by atoms with Gasteiger partial charge >= 0.3 is 0 Å². The van der Waals surface area contributed by atoms with Gasteiger partial charge in [-0.25, -0.2) is 0 Å². The minimum Gasteiger partial charge on any atom is -0.504 e. The lowest BCUT2D eigenvalue weighted by molar-refractivity contribution is 0.372. The smallest absolute Gasteiger partial charge is 0.160 e. The van der Waals surface area contributed by atoms with Crippen molar-refractivity contribution in [3.05, 3.63) is 53.6 Å². The predicted molar refractivity (Wildman–Crippen MR) is 85.2 cm³/mol.